The first kappa shape index (κ1) is 17.1. The molecule has 0 aliphatic carbocycles. The van der Waals surface area contributed by atoms with Crippen LogP contribution in [-0.2, 0) is 0 Å². The third-order valence-electron chi connectivity index (χ3n) is 3.59. The van der Waals surface area contributed by atoms with Gasteiger partial charge in [-0.05, 0) is 37.1 Å². The van der Waals surface area contributed by atoms with E-state index in [-0.39, 0.29) is 11.5 Å². The van der Waals surface area contributed by atoms with E-state index in [1.807, 2.05) is 30.3 Å². The maximum atomic E-state index is 13.2. The summed E-state index contributed by atoms with van der Waals surface area (Å²) in [5.41, 5.74) is 1.06. The Morgan fingerprint density at radius 3 is 2.43 bits per heavy atom. The Morgan fingerprint density at radius 1 is 1.13 bits per heavy atom. The normalized spacial score (nSPS) is 13.4. The van der Waals surface area contributed by atoms with Gasteiger partial charge in [0.15, 0.2) is 11.6 Å². The Kier molecular flexibility index (Phi) is 5.82. The van der Waals surface area contributed by atoms with Gasteiger partial charge in [0, 0.05) is 18.0 Å². The minimum absolute atomic E-state index is 0.0627. The quantitative estimate of drug-likeness (QED) is 0.859. The molecule has 0 spiro atoms. The molecule has 2 unspecified atom stereocenters. The predicted molar refractivity (Wildman–Crippen MR) is 84.2 cm³/mol. The summed E-state index contributed by atoms with van der Waals surface area (Å²) in [7, 11) is 0. The van der Waals surface area contributed by atoms with Crippen LogP contribution in [0.15, 0.2) is 48.5 Å². The van der Waals surface area contributed by atoms with E-state index in [0.717, 1.165) is 17.7 Å². The molecule has 0 aliphatic rings. The molecular weight excluding hydrogens is 300 g/mol. The molecule has 2 aromatic rings. The average Bonchev–Trinajstić information content (AvgIpc) is 2.54. The lowest BCUT2D eigenvalue weighted by Crippen LogP contribution is -2.29. The topological polar surface area (TPSA) is 49.3 Å². The van der Waals surface area contributed by atoms with E-state index < -0.39 is 23.6 Å². The summed E-state index contributed by atoms with van der Waals surface area (Å²) in [5, 5.41) is 12.3. The van der Waals surface area contributed by atoms with E-state index >= 15 is 0 Å². The lowest BCUT2D eigenvalue weighted by molar-refractivity contribution is 0.0945. The van der Waals surface area contributed by atoms with Crippen LogP contribution in [0.25, 0.3) is 0 Å². The summed E-state index contributed by atoms with van der Waals surface area (Å²) in [6.07, 6.45) is -0.0254. The van der Waals surface area contributed by atoms with Crippen LogP contribution in [0, 0.1) is 11.6 Å². The molecule has 2 N–H and O–H groups in total. The van der Waals surface area contributed by atoms with Crippen LogP contribution in [-0.4, -0.2) is 23.7 Å². The SMILES string of the molecule is CC(O)CC(CNC(=O)c1ccc(F)c(F)c1)c1ccccc1. The number of halogens is 2. The first-order valence-electron chi connectivity index (χ1n) is 7.43. The summed E-state index contributed by atoms with van der Waals surface area (Å²) in [6, 6.07) is 12.6. The fourth-order valence-electron chi connectivity index (χ4n) is 2.43. The Balaban J connectivity index is 2.05. The van der Waals surface area contributed by atoms with Crippen molar-refractivity contribution in [3.63, 3.8) is 0 Å². The van der Waals surface area contributed by atoms with Crippen molar-refractivity contribution in [1.82, 2.24) is 5.32 Å². The van der Waals surface area contributed by atoms with Gasteiger partial charge < -0.3 is 10.4 Å². The van der Waals surface area contributed by atoms with E-state index in [1.165, 1.54) is 6.07 Å². The van der Waals surface area contributed by atoms with Crippen molar-refractivity contribution in [2.45, 2.75) is 25.4 Å². The van der Waals surface area contributed by atoms with E-state index in [9.17, 15) is 18.7 Å². The second kappa shape index (κ2) is 7.83. The molecule has 0 heterocycles. The molecule has 0 saturated heterocycles. The van der Waals surface area contributed by atoms with Gasteiger partial charge in [-0.3, -0.25) is 4.79 Å². The van der Waals surface area contributed by atoms with Gasteiger partial charge >= 0.3 is 0 Å². The van der Waals surface area contributed by atoms with Crippen LogP contribution in [0.4, 0.5) is 8.78 Å². The Bertz CT molecular complexity index is 659. The van der Waals surface area contributed by atoms with Crippen molar-refractivity contribution in [1.29, 1.82) is 0 Å². The van der Waals surface area contributed by atoms with Crippen LogP contribution >= 0.6 is 0 Å². The number of aliphatic hydroxyl groups excluding tert-OH is 1. The number of aliphatic hydroxyl groups is 1. The number of carbonyl (C=O) groups excluding carboxylic acids is 1. The zero-order chi connectivity index (χ0) is 16.8. The average molecular weight is 319 g/mol. The molecule has 2 aromatic carbocycles. The molecule has 5 heteroatoms. The van der Waals surface area contributed by atoms with Gasteiger partial charge in [0.2, 0.25) is 0 Å². The highest BCUT2D eigenvalue weighted by atomic mass is 19.2. The summed E-state index contributed by atoms with van der Waals surface area (Å²) in [6.45, 7) is 1.99. The van der Waals surface area contributed by atoms with Crippen molar-refractivity contribution in [3.05, 3.63) is 71.3 Å². The maximum absolute atomic E-state index is 13.2. The van der Waals surface area contributed by atoms with E-state index in [2.05, 4.69) is 5.32 Å². The van der Waals surface area contributed by atoms with Crippen LogP contribution in [0.1, 0.15) is 35.2 Å². The minimum Gasteiger partial charge on any atom is -0.393 e. The third-order valence-corrected chi connectivity index (χ3v) is 3.59. The lowest BCUT2D eigenvalue weighted by atomic mass is 9.93. The smallest absolute Gasteiger partial charge is 0.251 e. The first-order chi connectivity index (χ1) is 11.0. The van der Waals surface area contributed by atoms with Crippen molar-refractivity contribution < 1.29 is 18.7 Å². The molecule has 1 amide bonds. The lowest BCUT2D eigenvalue weighted by Gasteiger charge is -2.19. The van der Waals surface area contributed by atoms with Crippen LogP contribution in [0.5, 0.6) is 0 Å². The Hall–Kier alpha value is -2.27. The standard InChI is InChI=1S/C18H19F2NO2/c1-12(22)9-15(13-5-3-2-4-6-13)11-21-18(23)14-7-8-16(19)17(20)10-14/h2-8,10,12,15,22H,9,11H2,1H3,(H,21,23). The van der Waals surface area contributed by atoms with E-state index in [0.29, 0.717) is 13.0 Å². The molecule has 2 rings (SSSR count). The molecule has 0 fully saturated rings. The molecule has 0 aliphatic heterocycles. The highest BCUT2D eigenvalue weighted by Gasteiger charge is 2.16. The zero-order valence-corrected chi connectivity index (χ0v) is 12.8. The van der Waals surface area contributed by atoms with Crippen LogP contribution < -0.4 is 5.32 Å². The van der Waals surface area contributed by atoms with Gasteiger partial charge in [-0.15, -0.1) is 0 Å². The van der Waals surface area contributed by atoms with Gasteiger partial charge in [0.05, 0.1) is 6.10 Å². The molecule has 0 radical (unpaired) electrons. The number of hydrogen-bond donors (Lipinski definition) is 2. The van der Waals surface area contributed by atoms with Gasteiger partial charge in [0.1, 0.15) is 0 Å². The van der Waals surface area contributed by atoms with Gasteiger partial charge in [-0.1, -0.05) is 30.3 Å². The van der Waals surface area contributed by atoms with Gasteiger partial charge in [0.25, 0.3) is 5.91 Å². The maximum Gasteiger partial charge on any atom is 0.251 e. The Morgan fingerprint density at radius 2 is 1.83 bits per heavy atom. The number of rotatable bonds is 6. The summed E-state index contributed by atoms with van der Waals surface area (Å²) in [5.74, 6) is -2.58. The summed E-state index contributed by atoms with van der Waals surface area (Å²) >= 11 is 0. The minimum atomic E-state index is -1.05. The van der Waals surface area contributed by atoms with Crippen molar-refractivity contribution in [3.8, 4) is 0 Å². The first-order valence-corrected chi connectivity index (χ1v) is 7.43. The third kappa shape index (κ3) is 4.86. The molecule has 0 aromatic heterocycles. The summed E-state index contributed by atoms with van der Waals surface area (Å²) < 4.78 is 26.1. The molecule has 2 atom stereocenters. The van der Waals surface area contributed by atoms with Crippen molar-refractivity contribution in [2.24, 2.45) is 0 Å². The zero-order valence-electron chi connectivity index (χ0n) is 12.8. The van der Waals surface area contributed by atoms with Crippen molar-refractivity contribution in [2.75, 3.05) is 6.54 Å². The fraction of sp³-hybridized carbons (Fsp3) is 0.278. The fourth-order valence-corrected chi connectivity index (χ4v) is 2.43. The molecule has 23 heavy (non-hydrogen) atoms. The van der Waals surface area contributed by atoms with E-state index in [4.69, 9.17) is 0 Å². The number of nitrogens with one attached hydrogen (secondary N) is 1. The Labute approximate surface area is 134 Å². The van der Waals surface area contributed by atoms with Gasteiger partial charge in [-0.2, -0.15) is 0 Å². The second-order valence-electron chi connectivity index (χ2n) is 5.53. The monoisotopic (exact) mass is 319 g/mol. The summed E-state index contributed by atoms with van der Waals surface area (Å²) in [4.78, 5) is 12.1. The number of benzene rings is 2. The largest absolute Gasteiger partial charge is 0.393 e. The molecule has 0 bridgehead atoms. The number of hydrogen-bond acceptors (Lipinski definition) is 2. The molecule has 3 nitrogen and oxygen atoms in total. The number of carbonyl (C=O) groups is 1. The van der Waals surface area contributed by atoms with Crippen LogP contribution in [0.2, 0.25) is 0 Å². The number of amides is 1. The van der Waals surface area contributed by atoms with Crippen LogP contribution in [0.3, 0.4) is 0 Å². The molecule has 0 saturated carbocycles. The van der Waals surface area contributed by atoms with Crippen molar-refractivity contribution >= 4 is 5.91 Å². The molecular formula is C18H19F2NO2. The van der Waals surface area contributed by atoms with Gasteiger partial charge in [-0.25, -0.2) is 8.78 Å². The predicted octanol–water partition coefficient (Wildman–Crippen LogP) is 3.25. The highest BCUT2D eigenvalue weighted by molar-refractivity contribution is 5.94. The van der Waals surface area contributed by atoms with E-state index in [1.54, 1.807) is 6.92 Å². The molecule has 122 valence electrons. The highest BCUT2D eigenvalue weighted by Crippen LogP contribution is 2.20. The second-order valence-corrected chi connectivity index (χ2v) is 5.53.